The molecular formula is C25H31N5O. The second kappa shape index (κ2) is 7.91. The number of aromatic nitrogens is 4. The van der Waals surface area contributed by atoms with Gasteiger partial charge in [-0.05, 0) is 60.9 Å². The Morgan fingerprint density at radius 1 is 1.13 bits per heavy atom. The molecule has 0 bridgehead atoms. The normalized spacial score (nSPS) is 15.7. The number of hydrogen-bond acceptors (Lipinski definition) is 4. The maximum atomic E-state index is 12.9. The summed E-state index contributed by atoms with van der Waals surface area (Å²) in [6, 6.07) is 7.83. The molecule has 0 fully saturated rings. The number of amides is 1. The van der Waals surface area contributed by atoms with Crippen LogP contribution in [0.4, 0.5) is 5.82 Å². The van der Waals surface area contributed by atoms with Gasteiger partial charge >= 0.3 is 0 Å². The molecule has 1 amide bonds. The first-order valence-corrected chi connectivity index (χ1v) is 10.9. The number of hydrogen-bond donors (Lipinski definition) is 1. The van der Waals surface area contributed by atoms with Gasteiger partial charge in [0.2, 0.25) is 5.91 Å². The molecule has 3 aromatic rings. The van der Waals surface area contributed by atoms with E-state index in [1.807, 2.05) is 50.5 Å². The lowest BCUT2D eigenvalue weighted by Crippen LogP contribution is -2.20. The lowest BCUT2D eigenvalue weighted by Gasteiger charge is -2.15. The number of carbonyl (C=O) groups excluding carboxylic acids is 1. The van der Waals surface area contributed by atoms with Crippen molar-refractivity contribution in [1.29, 1.82) is 0 Å². The lowest BCUT2D eigenvalue weighted by atomic mass is 9.89. The van der Waals surface area contributed by atoms with Crippen LogP contribution in [0, 0.1) is 12.3 Å². The van der Waals surface area contributed by atoms with Gasteiger partial charge in [0.1, 0.15) is 5.82 Å². The molecule has 0 radical (unpaired) electrons. The van der Waals surface area contributed by atoms with Gasteiger partial charge in [-0.1, -0.05) is 33.8 Å². The van der Waals surface area contributed by atoms with Crippen molar-refractivity contribution in [3.63, 3.8) is 0 Å². The Morgan fingerprint density at radius 3 is 2.61 bits per heavy atom. The molecule has 6 heteroatoms. The van der Waals surface area contributed by atoms with Crippen LogP contribution in [-0.4, -0.2) is 25.7 Å². The van der Waals surface area contributed by atoms with Crippen LogP contribution in [-0.2, 0) is 17.8 Å². The number of anilines is 1. The maximum absolute atomic E-state index is 12.9. The van der Waals surface area contributed by atoms with Crippen LogP contribution in [0.25, 0.3) is 11.1 Å². The highest BCUT2D eigenvalue weighted by Gasteiger charge is 2.32. The highest BCUT2D eigenvalue weighted by molar-refractivity contribution is 5.95. The molecule has 31 heavy (non-hydrogen) atoms. The second-order valence-electron chi connectivity index (χ2n) is 9.74. The molecule has 0 unspecified atom stereocenters. The smallest absolute Gasteiger partial charge is 0.234 e. The van der Waals surface area contributed by atoms with Crippen LogP contribution in [0.2, 0.25) is 0 Å². The van der Waals surface area contributed by atoms with Crippen molar-refractivity contribution in [2.45, 2.75) is 66.3 Å². The average molecular weight is 418 g/mol. The van der Waals surface area contributed by atoms with Crippen molar-refractivity contribution in [3.8, 4) is 11.1 Å². The first kappa shape index (κ1) is 21.2. The van der Waals surface area contributed by atoms with Gasteiger partial charge in [0.15, 0.2) is 0 Å². The molecule has 3 aromatic heterocycles. The summed E-state index contributed by atoms with van der Waals surface area (Å²) in [6.07, 6.45) is 4.74. The molecule has 1 aliphatic rings. The zero-order valence-corrected chi connectivity index (χ0v) is 19.2. The molecule has 162 valence electrons. The SMILES string of the molecule is Cc1cnc(NC(=O)[C@@H](C)c2cccc(C(C)C)n2)cc1-c1cnn2c1CC(C)(C)C2. The van der Waals surface area contributed by atoms with Gasteiger partial charge in [-0.3, -0.25) is 14.5 Å². The van der Waals surface area contributed by atoms with E-state index >= 15 is 0 Å². The van der Waals surface area contributed by atoms with Gasteiger partial charge in [-0.15, -0.1) is 0 Å². The third-order valence-corrected chi connectivity index (χ3v) is 6.04. The predicted octanol–water partition coefficient (Wildman–Crippen LogP) is 5.10. The van der Waals surface area contributed by atoms with Crippen molar-refractivity contribution in [2.24, 2.45) is 5.41 Å². The van der Waals surface area contributed by atoms with E-state index in [4.69, 9.17) is 0 Å². The summed E-state index contributed by atoms with van der Waals surface area (Å²) in [6.45, 7) is 13.6. The summed E-state index contributed by atoms with van der Waals surface area (Å²) in [5.41, 5.74) is 6.48. The fourth-order valence-electron chi connectivity index (χ4n) is 4.16. The van der Waals surface area contributed by atoms with Gasteiger partial charge in [-0.2, -0.15) is 5.10 Å². The lowest BCUT2D eigenvalue weighted by molar-refractivity contribution is -0.117. The molecule has 4 heterocycles. The molecule has 4 rings (SSSR count). The number of carbonyl (C=O) groups is 1. The summed E-state index contributed by atoms with van der Waals surface area (Å²) in [5.74, 6) is 0.387. The summed E-state index contributed by atoms with van der Waals surface area (Å²) in [7, 11) is 0. The van der Waals surface area contributed by atoms with Crippen LogP contribution < -0.4 is 5.32 Å². The molecular weight excluding hydrogens is 386 g/mol. The van der Waals surface area contributed by atoms with Crippen molar-refractivity contribution in [2.75, 3.05) is 5.32 Å². The predicted molar refractivity (Wildman–Crippen MR) is 123 cm³/mol. The third-order valence-electron chi connectivity index (χ3n) is 6.04. The molecule has 1 aliphatic heterocycles. The number of nitrogens with one attached hydrogen (secondary N) is 1. The Kier molecular flexibility index (Phi) is 5.42. The summed E-state index contributed by atoms with van der Waals surface area (Å²) >= 11 is 0. The number of nitrogens with zero attached hydrogens (tertiary/aromatic N) is 4. The largest absolute Gasteiger partial charge is 0.310 e. The summed E-state index contributed by atoms with van der Waals surface area (Å²) in [4.78, 5) is 22.1. The van der Waals surface area contributed by atoms with Gasteiger partial charge in [0.05, 0.1) is 17.8 Å². The van der Waals surface area contributed by atoms with Crippen LogP contribution in [0.5, 0.6) is 0 Å². The summed E-state index contributed by atoms with van der Waals surface area (Å²) < 4.78 is 2.10. The molecule has 0 spiro atoms. The highest BCUT2D eigenvalue weighted by atomic mass is 16.1. The maximum Gasteiger partial charge on any atom is 0.234 e. The molecule has 0 saturated heterocycles. The highest BCUT2D eigenvalue weighted by Crippen LogP contribution is 2.38. The van der Waals surface area contributed by atoms with Crippen molar-refractivity contribution in [1.82, 2.24) is 19.7 Å². The Balaban J connectivity index is 1.57. The molecule has 0 aromatic carbocycles. The zero-order chi connectivity index (χ0) is 22.3. The Labute approximate surface area is 184 Å². The summed E-state index contributed by atoms with van der Waals surface area (Å²) in [5, 5.41) is 7.58. The zero-order valence-electron chi connectivity index (χ0n) is 19.2. The second-order valence-corrected chi connectivity index (χ2v) is 9.74. The fourth-order valence-corrected chi connectivity index (χ4v) is 4.16. The van der Waals surface area contributed by atoms with E-state index in [9.17, 15) is 4.79 Å². The molecule has 1 N–H and O–H groups in total. The van der Waals surface area contributed by atoms with Gasteiger partial charge < -0.3 is 5.32 Å². The van der Waals surface area contributed by atoms with Gasteiger partial charge in [0.25, 0.3) is 0 Å². The topological polar surface area (TPSA) is 72.7 Å². The third kappa shape index (κ3) is 4.24. The molecule has 6 nitrogen and oxygen atoms in total. The quantitative estimate of drug-likeness (QED) is 0.627. The van der Waals surface area contributed by atoms with E-state index in [1.54, 1.807) is 0 Å². The van der Waals surface area contributed by atoms with Crippen LogP contribution in [0.1, 0.15) is 69.1 Å². The van der Waals surface area contributed by atoms with E-state index in [0.29, 0.717) is 11.7 Å². The monoisotopic (exact) mass is 417 g/mol. The fraction of sp³-hybridized carbons (Fsp3) is 0.440. The molecule has 0 aliphatic carbocycles. The van der Waals surface area contributed by atoms with Crippen LogP contribution in [0.3, 0.4) is 0 Å². The molecule has 0 saturated carbocycles. The number of rotatable bonds is 5. The Morgan fingerprint density at radius 2 is 1.87 bits per heavy atom. The Hall–Kier alpha value is -3.02. The minimum Gasteiger partial charge on any atom is -0.310 e. The number of fused-ring (bicyclic) bond motifs is 1. The first-order valence-electron chi connectivity index (χ1n) is 10.9. The number of aryl methyl sites for hydroxylation is 1. The van der Waals surface area contributed by atoms with E-state index in [0.717, 1.165) is 41.0 Å². The Bertz CT molecular complexity index is 1130. The van der Waals surface area contributed by atoms with Gasteiger partial charge in [-0.25, -0.2) is 4.98 Å². The minimum atomic E-state index is -0.369. The standard InChI is InChI=1S/C25H31N5O/c1-15(2)20-8-7-9-21(28-20)17(4)24(31)29-23-10-18(16(3)12-26-23)19-13-27-30-14-25(5,6)11-22(19)30/h7-10,12-13,15,17H,11,14H2,1-6H3,(H,26,29,31)/t17-/m0/s1. The average Bonchev–Trinajstić information content (AvgIpc) is 3.23. The van der Waals surface area contributed by atoms with Gasteiger partial charge in [0, 0.05) is 29.7 Å². The van der Waals surface area contributed by atoms with E-state index in [1.165, 1.54) is 5.69 Å². The van der Waals surface area contributed by atoms with E-state index < -0.39 is 0 Å². The van der Waals surface area contributed by atoms with E-state index in [-0.39, 0.29) is 17.2 Å². The minimum absolute atomic E-state index is 0.114. The van der Waals surface area contributed by atoms with Crippen LogP contribution in [0.15, 0.2) is 36.7 Å². The van der Waals surface area contributed by atoms with E-state index in [2.05, 4.69) is 52.8 Å². The molecule has 1 atom stereocenters. The van der Waals surface area contributed by atoms with Crippen molar-refractivity contribution >= 4 is 11.7 Å². The van der Waals surface area contributed by atoms with Crippen LogP contribution >= 0.6 is 0 Å². The first-order chi connectivity index (χ1) is 14.6. The number of pyridine rings is 2. The van der Waals surface area contributed by atoms with Crippen molar-refractivity contribution < 1.29 is 4.79 Å². The van der Waals surface area contributed by atoms with Crippen molar-refractivity contribution in [3.05, 3.63) is 59.3 Å².